The van der Waals surface area contributed by atoms with E-state index in [1.54, 1.807) is 0 Å². The van der Waals surface area contributed by atoms with Crippen LogP contribution in [-0.2, 0) is 4.74 Å². The Morgan fingerprint density at radius 1 is 1.58 bits per heavy atom. The molecule has 1 aromatic rings. The highest BCUT2D eigenvalue weighted by Crippen LogP contribution is 1.94. The molecule has 0 spiro atoms. The number of carbonyl (C=O) groups excluding carboxylic acids is 1. The summed E-state index contributed by atoms with van der Waals surface area (Å²) in [6, 6.07) is 0. The summed E-state index contributed by atoms with van der Waals surface area (Å²) in [5.74, 6) is -0.442. The van der Waals surface area contributed by atoms with Crippen molar-refractivity contribution in [1.82, 2.24) is 9.97 Å². The molecule has 0 fully saturated rings. The van der Waals surface area contributed by atoms with E-state index in [1.807, 2.05) is 0 Å². The first kappa shape index (κ1) is 9.12. The molecule has 64 valence electrons. The maximum Gasteiger partial charge on any atom is 0.358 e. The summed E-state index contributed by atoms with van der Waals surface area (Å²) < 4.78 is 4.79. The molecule has 1 aromatic heterocycles. The van der Waals surface area contributed by atoms with Gasteiger partial charge in [0.15, 0.2) is 5.69 Å². The number of esters is 1. The fraction of sp³-hybridized carbons (Fsp3) is 0.286. The van der Waals surface area contributed by atoms with Crippen LogP contribution in [0.1, 0.15) is 10.5 Å². The van der Waals surface area contributed by atoms with Crippen molar-refractivity contribution in [3.63, 3.8) is 0 Å². The van der Waals surface area contributed by atoms with Crippen molar-refractivity contribution in [3.8, 4) is 0 Å². The lowest BCUT2D eigenvalue weighted by Crippen LogP contribution is -2.08. The van der Waals surface area contributed by atoms with Gasteiger partial charge in [0.1, 0.15) is 6.61 Å². The number of carbonyl (C=O) groups is 1. The zero-order valence-electron chi connectivity index (χ0n) is 6.24. The normalized spacial score (nSPS) is 9.42. The first-order valence-electron chi connectivity index (χ1n) is 3.33. The van der Waals surface area contributed by atoms with Crippen LogP contribution in [0.3, 0.4) is 0 Å². The lowest BCUT2D eigenvalue weighted by Gasteiger charge is -1.99. The van der Waals surface area contributed by atoms with Crippen LogP contribution in [0.5, 0.6) is 0 Å². The number of rotatable bonds is 3. The van der Waals surface area contributed by atoms with Gasteiger partial charge in [0, 0.05) is 17.7 Å². The summed E-state index contributed by atoms with van der Waals surface area (Å²) in [6.45, 7) is 0.343. The number of ether oxygens (including phenoxy) is 1. The molecular weight excluding hydrogens is 224 g/mol. The lowest BCUT2D eigenvalue weighted by molar-refractivity contribution is 0.0524. The molecule has 0 saturated heterocycles. The molecule has 0 aliphatic rings. The Balaban J connectivity index is 2.54. The standard InChI is InChI=1S/C7H7BrN2O2/c8-1-4-12-7(11)6-5-9-2-3-10-6/h2-3,5H,1,4H2. The van der Waals surface area contributed by atoms with Gasteiger partial charge >= 0.3 is 5.97 Å². The number of hydrogen-bond donors (Lipinski definition) is 0. The average molecular weight is 231 g/mol. The Kier molecular flexibility index (Phi) is 3.66. The highest BCUT2D eigenvalue weighted by molar-refractivity contribution is 9.09. The largest absolute Gasteiger partial charge is 0.460 e. The van der Waals surface area contributed by atoms with Crippen LogP contribution in [0, 0.1) is 0 Å². The summed E-state index contributed by atoms with van der Waals surface area (Å²) in [6.07, 6.45) is 4.32. The smallest absolute Gasteiger partial charge is 0.358 e. The zero-order chi connectivity index (χ0) is 8.81. The molecule has 0 aromatic carbocycles. The number of hydrogen-bond acceptors (Lipinski definition) is 4. The van der Waals surface area contributed by atoms with E-state index < -0.39 is 5.97 Å². The lowest BCUT2D eigenvalue weighted by atomic mass is 10.5. The maximum absolute atomic E-state index is 11.1. The van der Waals surface area contributed by atoms with Crippen LogP contribution in [-0.4, -0.2) is 27.9 Å². The molecule has 0 atom stereocenters. The van der Waals surface area contributed by atoms with Crippen LogP contribution >= 0.6 is 15.9 Å². The molecule has 0 bridgehead atoms. The molecule has 4 nitrogen and oxygen atoms in total. The van der Waals surface area contributed by atoms with Gasteiger partial charge in [-0.1, -0.05) is 15.9 Å². The number of nitrogens with zero attached hydrogens (tertiary/aromatic N) is 2. The van der Waals surface area contributed by atoms with Gasteiger partial charge in [0.2, 0.25) is 0 Å². The van der Waals surface area contributed by atoms with E-state index in [1.165, 1.54) is 18.6 Å². The Hall–Kier alpha value is -0.970. The minimum absolute atomic E-state index is 0.235. The second kappa shape index (κ2) is 4.82. The molecule has 0 unspecified atom stereocenters. The summed E-state index contributed by atoms with van der Waals surface area (Å²) in [4.78, 5) is 18.6. The Labute approximate surface area is 78.1 Å². The van der Waals surface area contributed by atoms with Crippen LogP contribution in [0.15, 0.2) is 18.6 Å². The van der Waals surface area contributed by atoms with Crippen LogP contribution in [0.2, 0.25) is 0 Å². The second-order valence-corrected chi connectivity index (χ2v) is 2.71. The molecule has 0 radical (unpaired) electrons. The fourth-order valence-corrected chi connectivity index (χ4v) is 0.772. The van der Waals surface area contributed by atoms with Gasteiger partial charge in [0.05, 0.1) is 6.20 Å². The maximum atomic E-state index is 11.1. The molecule has 12 heavy (non-hydrogen) atoms. The molecule has 0 N–H and O–H groups in total. The predicted molar refractivity (Wildman–Crippen MR) is 46.1 cm³/mol. The van der Waals surface area contributed by atoms with Gasteiger partial charge in [0.25, 0.3) is 0 Å². The van der Waals surface area contributed by atoms with Crippen LogP contribution in [0.25, 0.3) is 0 Å². The summed E-state index contributed by atoms with van der Waals surface area (Å²) in [5.41, 5.74) is 0.235. The second-order valence-electron chi connectivity index (χ2n) is 1.92. The van der Waals surface area contributed by atoms with Crippen molar-refractivity contribution in [2.24, 2.45) is 0 Å². The van der Waals surface area contributed by atoms with E-state index in [0.29, 0.717) is 11.9 Å². The van der Waals surface area contributed by atoms with Crippen molar-refractivity contribution >= 4 is 21.9 Å². The van der Waals surface area contributed by atoms with Crippen molar-refractivity contribution in [1.29, 1.82) is 0 Å². The molecule has 1 heterocycles. The molecule has 5 heteroatoms. The molecule has 0 amide bonds. The minimum Gasteiger partial charge on any atom is -0.460 e. The van der Waals surface area contributed by atoms with Gasteiger partial charge in [-0.2, -0.15) is 0 Å². The number of halogens is 1. The van der Waals surface area contributed by atoms with E-state index >= 15 is 0 Å². The van der Waals surface area contributed by atoms with E-state index in [-0.39, 0.29) is 5.69 Å². The summed E-state index contributed by atoms with van der Waals surface area (Å²) in [5, 5.41) is 0.624. The molecular formula is C7H7BrN2O2. The molecule has 1 rings (SSSR count). The van der Waals surface area contributed by atoms with Gasteiger partial charge in [-0.05, 0) is 0 Å². The van der Waals surface area contributed by atoms with Crippen LogP contribution in [0.4, 0.5) is 0 Å². The first-order chi connectivity index (χ1) is 5.84. The van der Waals surface area contributed by atoms with E-state index in [9.17, 15) is 4.79 Å². The monoisotopic (exact) mass is 230 g/mol. The Morgan fingerprint density at radius 2 is 2.42 bits per heavy atom. The number of alkyl halides is 1. The van der Waals surface area contributed by atoms with Gasteiger partial charge in [-0.3, -0.25) is 4.98 Å². The van der Waals surface area contributed by atoms with Crippen molar-refractivity contribution in [3.05, 3.63) is 24.3 Å². The third-order valence-electron chi connectivity index (χ3n) is 1.08. The zero-order valence-corrected chi connectivity index (χ0v) is 7.82. The first-order valence-corrected chi connectivity index (χ1v) is 4.46. The van der Waals surface area contributed by atoms with Gasteiger partial charge in [-0.15, -0.1) is 0 Å². The Bertz CT molecular complexity index is 253. The van der Waals surface area contributed by atoms with Crippen molar-refractivity contribution < 1.29 is 9.53 Å². The van der Waals surface area contributed by atoms with Crippen LogP contribution < -0.4 is 0 Å². The topological polar surface area (TPSA) is 52.1 Å². The Morgan fingerprint density at radius 3 is 3.00 bits per heavy atom. The molecule has 0 aliphatic carbocycles. The average Bonchev–Trinajstić information content (AvgIpc) is 2.15. The summed E-state index contributed by atoms with van der Waals surface area (Å²) in [7, 11) is 0. The third kappa shape index (κ3) is 2.58. The van der Waals surface area contributed by atoms with Crippen molar-refractivity contribution in [2.45, 2.75) is 0 Å². The fourth-order valence-electron chi connectivity index (χ4n) is 0.610. The van der Waals surface area contributed by atoms with E-state index in [0.717, 1.165) is 0 Å². The van der Waals surface area contributed by atoms with Gasteiger partial charge in [-0.25, -0.2) is 9.78 Å². The van der Waals surface area contributed by atoms with Crippen molar-refractivity contribution in [2.75, 3.05) is 11.9 Å². The number of aromatic nitrogens is 2. The van der Waals surface area contributed by atoms with Gasteiger partial charge < -0.3 is 4.74 Å². The SMILES string of the molecule is O=C(OCCBr)c1cnccn1. The quantitative estimate of drug-likeness (QED) is 0.575. The van der Waals surface area contributed by atoms with E-state index in [2.05, 4.69) is 25.9 Å². The summed E-state index contributed by atoms with van der Waals surface area (Å²) >= 11 is 3.14. The predicted octanol–water partition coefficient (Wildman–Crippen LogP) is 1.03. The molecule has 0 aliphatic heterocycles. The molecule has 0 saturated carbocycles. The minimum atomic E-state index is -0.442. The van der Waals surface area contributed by atoms with E-state index in [4.69, 9.17) is 4.74 Å². The highest BCUT2D eigenvalue weighted by atomic mass is 79.9. The highest BCUT2D eigenvalue weighted by Gasteiger charge is 2.06. The third-order valence-corrected chi connectivity index (χ3v) is 1.41.